The summed E-state index contributed by atoms with van der Waals surface area (Å²) in [5.41, 5.74) is 1.58. The summed E-state index contributed by atoms with van der Waals surface area (Å²) in [6, 6.07) is 7.18. The van der Waals surface area contributed by atoms with Gasteiger partial charge >= 0.3 is 6.36 Å². The molecule has 1 aliphatic heterocycles. The third-order valence-electron chi connectivity index (χ3n) is 3.91. The van der Waals surface area contributed by atoms with E-state index in [1.165, 1.54) is 18.2 Å². The van der Waals surface area contributed by atoms with Gasteiger partial charge in [-0.05, 0) is 52.8 Å². The van der Waals surface area contributed by atoms with E-state index in [9.17, 15) is 23.1 Å². The molecule has 0 spiro atoms. The molecule has 1 aromatic heterocycles. The minimum Gasteiger partial charge on any atom is -0.406 e. The molecule has 0 saturated carbocycles. The molecule has 0 saturated heterocycles. The molecule has 1 aliphatic rings. The number of amides is 1. The van der Waals surface area contributed by atoms with Crippen molar-refractivity contribution in [1.82, 2.24) is 9.88 Å². The Kier molecular flexibility index (Phi) is 4.96. The average Bonchev–Trinajstić information content (AvgIpc) is 2.88. The predicted octanol–water partition coefficient (Wildman–Crippen LogP) is 3.33. The molecule has 3 rings (SSSR count). The van der Waals surface area contributed by atoms with Gasteiger partial charge in [0.25, 0.3) is 5.91 Å². The Hall–Kier alpha value is -1.75. The summed E-state index contributed by atoms with van der Waals surface area (Å²) in [4.78, 5) is 12.1. The number of benzene rings is 1. The van der Waals surface area contributed by atoms with Crippen molar-refractivity contribution in [3.8, 4) is 16.9 Å². The van der Waals surface area contributed by atoms with Crippen molar-refractivity contribution in [1.29, 1.82) is 0 Å². The van der Waals surface area contributed by atoms with Crippen LogP contribution in [0, 0.1) is 3.70 Å². The van der Waals surface area contributed by atoms with Crippen LogP contribution in [-0.4, -0.2) is 35.1 Å². The van der Waals surface area contributed by atoms with E-state index < -0.39 is 6.36 Å². The molecular weight excluding hydrogens is 452 g/mol. The number of fused-ring (bicyclic) bond motifs is 1. The largest absolute Gasteiger partial charge is 0.573 e. The first-order chi connectivity index (χ1) is 11.8. The molecule has 2 heterocycles. The van der Waals surface area contributed by atoms with Crippen LogP contribution >= 0.6 is 22.6 Å². The monoisotopic (exact) mass is 466 g/mol. The van der Waals surface area contributed by atoms with Crippen LogP contribution in [0.25, 0.3) is 11.1 Å². The first-order valence-electron chi connectivity index (χ1n) is 7.46. The number of halogens is 4. The third kappa shape index (κ3) is 3.76. The van der Waals surface area contributed by atoms with Crippen molar-refractivity contribution in [3.05, 3.63) is 39.7 Å². The van der Waals surface area contributed by atoms with E-state index in [-0.39, 0.29) is 24.3 Å². The van der Waals surface area contributed by atoms with Crippen molar-refractivity contribution in [2.75, 3.05) is 13.2 Å². The first kappa shape index (κ1) is 18.1. The summed E-state index contributed by atoms with van der Waals surface area (Å²) in [5.74, 6) is -0.567. The van der Waals surface area contributed by atoms with Crippen LogP contribution in [0.1, 0.15) is 23.0 Å². The summed E-state index contributed by atoms with van der Waals surface area (Å²) in [5, 5.41) is 12.0. The number of hydrogen-bond acceptors (Lipinski definition) is 3. The molecule has 9 heteroatoms. The number of carbonyl (C=O) groups excluding carboxylic acids is 1. The summed E-state index contributed by atoms with van der Waals surface area (Å²) in [6.45, 7) is 0.367. The van der Waals surface area contributed by atoms with Gasteiger partial charge in [-0.2, -0.15) is 0 Å². The van der Waals surface area contributed by atoms with Crippen molar-refractivity contribution >= 4 is 28.5 Å². The molecule has 2 aromatic rings. The molecular formula is C16H14F3IN2O3. The second kappa shape index (κ2) is 6.87. The maximum atomic E-state index is 12.4. The van der Waals surface area contributed by atoms with E-state index in [1.54, 1.807) is 12.1 Å². The highest BCUT2D eigenvalue weighted by Crippen LogP contribution is 2.35. The smallest absolute Gasteiger partial charge is 0.406 e. The van der Waals surface area contributed by atoms with Crippen molar-refractivity contribution in [3.63, 3.8) is 0 Å². The molecule has 0 radical (unpaired) electrons. The minimum atomic E-state index is -4.77. The van der Waals surface area contributed by atoms with Crippen LogP contribution < -0.4 is 10.1 Å². The number of aromatic nitrogens is 1. The van der Waals surface area contributed by atoms with Crippen molar-refractivity contribution in [2.24, 2.45) is 0 Å². The quantitative estimate of drug-likeness (QED) is 0.680. The zero-order valence-electron chi connectivity index (χ0n) is 12.8. The lowest BCUT2D eigenvalue weighted by atomic mass is 10.1. The number of carbonyl (C=O) groups is 1. The Morgan fingerprint density at radius 1 is 1.36 bits per heavy atom. The highest BCUT2D eigenvalue weighted by atomic mass is 127. The fraction of sp³-hybridized carbons (Fsp3) is 0.312. The molecule has 25 heavy (non-hydrogen) atoms. The standard InChI is InChI=1S/C16H14F3IN2O3/c17-16(18,19)25-11-3-1-2-9(6-11)12-7-13-15(24)21-8-10(4-5-23)22(13)14(12)20/h1-3,6-7,10,23H,4-5,8H2,(H,21,24). The molecule has 0 bridgehead atoms. The van der Waals surface area contributed by atoms with E-state index in [0.29, 0.717) is 29.8 Å². The Labute approximate surface area is 154 Å². The van der Waals surface area contributed by atoms with Gasteiger partial charge < -0.3 is 19.7 Å². The van der Waals surface area contributed by atoms with Gasteiger partial charge in [0.1, 0.15) is 11.4 Å². The summed E-state index contributed by atoms with van der Waals surface area (Å²) >= 11 is 2.07. The molecule has 5 nitrogen and oxygen atoms in total. The Bertz CT molecular complexity index is 804. The van der Waals surface area contributed by atoms with Crippen molar-refractivity contribution < 1.29 is 27.8 Å². The van der Waals surface area contributed by atoms with Crippen LogP contribution in [0.15, 0.2) is 30.3 Å². The number of nitrogens with one attached hydrogen (secondary N) is 1. The maximum absolute atomic E-state index is 12.4. The molecule has 1 aromatic carbocycles. The van der Waals surface area contributed by atoms with Gasteiger partial charge in [0.05, 0.1) is 9.74 Å². The van der Waals surface area contributed by atoms with Crippen LogP contribution in [0.5, 0.6) is 5.75 Å². The first-order valence-corrected chi connectivity index (χ1v) is 8.54. The molecule has 2 N–H and O–H groups in total. The molecule has 134 valence electrons. The minimum absolute atomic E-state index is 0.0293. The van der Waals surface area contributed by atoms with Gasteiger partial charge in [-0.3, -0.25) is 4.79 Å². The van der Waals surface area contributed by atoms with Crippen LogP contribution in [0.2, 0.25) is 0 Å². The number of hydrogen-bond donors (Lipinski definition) is 2. The average molecular weight is 466 g/mol. The summed E-state index contributed by atoms with van der Waals surface area (Å²) in [7, 11) is 0. The molecule has 0 aliphatic carbocycles. The zero-order chi connectivity index (χ0) is 18.2. The second-order valence-electron chi connectivity index (χ2n) is 5.56. The molecule has 1 unspecified atom stereocenters. The van der Waals surface area contributed by atoms with E-state index in [2.05, 4.69) is 32.6 Å². The topological polar surface area (TPSA) is 63.5 Å². The van der Waals surface area contributed by atoms with E-state index in [1.807, 2.05) is 4.57 Å². The number of rotatable bonds is 4. The Morgan fingerprint density at radius 3 is 2.80 bits per heavy atom. The maximum Gasteiger partial charge on any atom is 0.573 e. The normalized spacial score (nSPS) is 17.2. The molecule has 0 fully saturated rings. The van der Waals surface area contributed by atoms with Gasteiger partial charge in [0.2, 0.25) is 0 Å². The lowest BCUT2D eigenvalue weighted by Crippen LogP contribution is -2.39. The van der Waals surface area contributed by atoms with Gasteiger partial charge in [-0.25, -0.2) is 0 Å². The van der Waals surface area contributed by atoms with Gasteiger partial charge in [-0.1, -0.05) is 12.1 Å². The van der Waals surface area contributed by atoms with Gasteiger partial charge in [-0.15, -0.1) is 13.2 Å². The number of aliphatic hydroxyl groups excluding tert-OH is 1. The van der Waals surface area contributed by atoms with Gasteiger partial charge in [0.15, 0.2) is 0 Å². The zero-order valence-corrected chi connectivity index (χ0v) is 15.0. The summed E-state index contributed by atoms with van der Waals surface area (Å²) < 4.78 is 43.8. The number of nitrogens with zero attached hydrogens (tertiary/aromatic N) is 1. The highest BCUT2D eigenvalue weighted by Gasteiger charge is 2.32. The van der Waals surface area contributed by atoms with Crippen molar-refractivity contribution in [2.45, 2.75) is 18.8 Å². The van der Waals surface area contributed by atoms with E-state index in [0.717, 1.165) is 3.70 Å². The van der Waals surface area contributed by atoms with Crippen LogP contribution in [-0.2, 0) is 0 Å². The van der Waals surface area contributed by atoms with Gasteiger partial charge in [0, 0.05) is 18.7 Å². The predicted molar refractivity (Wildman–Crippen MR) is 92.3 cm³/mol. The fourth-order valence-corrected chi connectivity index (χ4v) is 3.99. The lowest BCUT2D eigenvalue weighted by Gasteiger charge is -2.26. The Balaban J connectivity index is 2.03. The number of alkyl halides is 3. The third-order valence-corrected chi connectivity index (χ3v) is 5.01. The highest BCUT2D eigenvalue weighted by molar-refractivity contribution is 14.1. The van der Waals surface area contributed by atoms with Crippen LogP contribution in [0.4, 0.5) is 13.2 Å². The molecule has 1 atom stereocenters. The number of ether oxygens (including phenoxy) is 1. The SMILES string of the molecule is O=C1NCC(CCO)n2c1cc(-c1cccc(OC(F)(F)F)c1)c2I. The van der Waals surface area contributed by atoms with E-state index >= 15 is 0 Å². The van der Waals surface area contributed by atoms with Crippen LogP contribution in [0.3, 0.4) is 0 Å². The number of aliphatic hydroxyl groups is 1. The Morgan fingerprint density at radius 2 is 2.12 bits per heavy atom. The second-order valence-corrected chi connectivity index (χ2v) is 6.58. The fourth-order valence-electron chi connectivity index (χ4n) is 2.87. The molecule has 1 amide bonds. The van der Waals surface area contributed by atoms with E-state index in [4.69, 9.17) is 0 Å². The lowest BCUT2D eigenvalue weighted by molar-refractivity contribution is -0.274. The summed E-state index contributed by atoms with van der Waals surface area (Å²) in [6.07, 6.45) is -4.30.